The molecule has 2 N–H and O–H groups in total. The van der Waals surface area contributed by atoms with Crippen LogP contribution in [-0.4, -0.2) is 20.9 Å². The topological polar surface area (TPSA) is 67.2 Å². The minimum atomic E-state index is -0.892. The van der Waals surface area contributed by atoms with E-state index in [1.54, 1.807) is 0 Å². The Morgan fingerprint density at radius 1 is 1.43 bits per heavy atom. The zero-order chi connectivity index (χ0) is 15.4. The number of benzene rings is 1. The summed E-state index contributed by atoms with van der Waals surface area (Å²) < 4.78 is 2.80. The van der Waals surface area contributed by atoms with Crippen LogP contribution in [-0.2, 0) is 17.9 Å². The molecule has 0 aliphatic rings. The summed E-state index contributed by atoms with van der Waals surface area (Å²) in [7, 11) is 0. The molecular weight excluding hydrogens is 334 g/mol. The van der Waals surface area contributed by atoms with Gasteiger partial charge in [0.2, 0.25) is 0 Å². The van der Waals surface area contributed by atoms with Crippen molar-refractivity contribution in [2.75, 3.05) is 0 Å². The number of rotatable bonds is 6. The van der Waals surface area contributed by atoms with Crippen LogP contribution in [0.15, 0.2) is 34.8 Å². The Balaban J connectivity index is 2.19. The van der Waals surface area contributed by atoms with E-state index in [-0.39, 0.29) is 0 Å². The summed E-state index contributed by atoms with van der Waals surface area (Å²) in [5.74, 6) is -0.892. The van der Waals surface area contributed by atoms with E-state index in [2.05, 4.69) is 26.3 Å². The average Bonchev–Trinajstić information content (AvgIpc) is 2.75. The second-order valence-electron chi connectivity index (χ2n) is 4.72. The van der Waals surface area contributed by atoms with Gasteiger partial charge < -0.3 is 5.11 Å². The SMILES string of the molecule is CCn1nc(C)c(Br)c1CNC(C(=O)O)c1ccccc1. The summed E-state index contributed by atoms with van der Waals surface area (Å²) in [5.41, 5.74) is 2.60. The molecule has 0 fully saturated rings. The predicted octanol–water partition coefficient (Wildman–Crippen LogP) is 2.89. The maximum Gasteiger partial charge on any atom is 0.325 e. The molecular formula is C15H18BrN3O2. The average molecular weight is 352 g/mol. The number of aromatic nitrogens is 2. The number of halogens is 1. The quantitative estimate of drug-likeness (QED) is 0.839. The maximum atomic E-state index is 11.5. The maximum absolute atomic E-state index is 11.5. The number of aliphatic carboxylic acids is 1. The molecule has 1 unspecified atom stereocenters. The normalized spacial score (nSPS) is 12.3. The zero-order valence-electron chi connectivity index (χ0n) is 12.0. The van der Waals surface area contributed by atoms with Crippen LogP contribution in [0.25, 0.3) is 0 Å². The molecule has 21 heavy (non-hydrogen) atoms. The first kappa shape index (κ1) is 15.7. The molecule has 0 radical (unpaired) electrons. The van der Waals surface area contributed by atoms with E-state index >= 15 is 0 Å². The van der Waals surface area contributed by atoms with Gasteiger partial charge in [0.15, 0.2) is 0 Å². The van der Waals surface area contributed by atoms with E-state index < -0.39 is 12.0 Å². The molecule has 0 saturated carbocycles. The van der Waals surface area contributed by atoms with Crippen molar-refractivity contribution in [3.63, 3.8) is 0 Å². The van der Waals surface area contributed by atoms with E-state index in [4.69, 9.17) is 0 Å². The van der Waals surface area contributed by atoms with Crippen molar-refractivity contribution in [3.8, 4) is 0 Å². The molecule has 2 rings (SSSR count). The highest BCUT2D eigenvalue weighted by Gasteiger charge is 2.20. The van der Waals surface area contributed by atoms with Gasteiger partial charge in [-0.15, -0.1) is 0 Å². The van der Waals surface area contributed by atoms with Crippen LogP contribution in [0.3, 0.4) is 0 Å². The monoisotopic (exact) mass is 351 g/mol. The molecule has 0 amide bonds. The number of carbonyl (C=O) groups is 1. The Hall–Kier alpha value is -1.66. The van der Waals surface area contributed by atoms with Crippen molar-refractivity contribution in [2.45, 2.75) is 33.0 Å². The minimum Gasteiger partial charge on any atom is -0.480 e. The highest BCUT2D eigenvalue weighted by atomic mass is 79.9. The van der Waals surface area contributed by atoms with E-state index in [0.717, 1.165) is 28.0 Å². The fraction of sp³-hybridized carbons (Fsp3) is 0.333. The third-order valence-electron chi connectivity index (χ3n) is 3.31. The Bertz CT molecular complexity index is 625. The first-order chi connectivity index (χ1) is 10.0. The van der Waals surface area contributed by atoms with Crippen LogP contribution in [0, 0.1) is 6.92 Å². The van der Waals surface area contributed by atoms with E-state index in [1.165, 1.54) is 0 Å². The van der Waals surface area contributed by atoms with E-state index in [9.17, 15) is 9.90 Å². The first-order valence-corrected chi connectivity index (χ1v) is 7.56. The molecule has 2 aromatic rings. The fourth-order valence-corrected chi connectivity index (χ4v) is 2.65. The molecule has 1 heterocycles. The Morgan fingerprint density at radius 2 is 2.10 bits per heavy atom. The van der Waals surface area contributed by atoms with Gasteiger partial charge in [0.05, 0.1) is 15.9 Å². The number of hydrogen-bond donors (Lipinski definition) is 2. The second-order valence-corrected chi connectivity index (χ2v) is 5.52. The smallest absolute Gasteiger partial charge is 0.325 e. The summed E-state index contributed by atoms with van der Waals surface area (Å²) >= 11 is 3.51. The molecule has 1 aromatic heterocycles. The zero-order valence-corrected chi connectivity index (χ0v) is 13.6. The number of aryl methyl sites for hydroxylation is 2. The summed E-state index contributed by atoms with van der Waals surface area (Å²) in [6.45, 7) is 5.10. The van der Waals surface area contributed by atoms with Crippen LogP contribution < -0.4 is 5.32 Å². The number of carboxylic acid groups (broad SMARTS) is 1. The summed E-state index contributed by atoms with van der Waals surface area (Å²) in [4.78, 5) is 11.5. The van der Waals surface area contributed by atoms with Gasteiger partial charge in [0.25, 0.3) is 0 Å². The van der Waals surface area contributed by atoms with Crippen molar-refractivity contribution < 1.29 is 9.90 Å². The molecule has 5 nitrogen and oxygen atoms in total. The lowest BCUT2D eigenvalue weighted by Crippen LogP contribution is -2.29. The molecule has 0 spiro atoms. The van der Waals surface area contributed by atoms with E-state index in [1.807, 2.05) is 48.9 Å². The summed E-state index contributed by atoms with van der Waals surface area (Å²) in [6.07, 6.45) is 0. The lowest BCUT2D eigenvalue weighted by molar-refractivity contribution is -0.139. The van der Waals surface area contributed by atoms with Crippen molar-refractivity contribution in [1.29, 1.82) is 0 Å². The van der Waals surface area contributed by atoms with Gasteiger partial charge >= 0.3 is 5.97 Å². The third kappa shape index (κ3) is 3.51. The van der Waals surface area contributed by atoms with Crippen molar-refractivity contribution in [2.24, 2.45) is 0 Å². The van der Waals surface area contributed by atoms with Crippen molar-refractivity contribution in [1.82, 2.24) is 15.1 Å². The van der Waals surface area contributed by atoms with Gasteiger partial charge in [0.1, 0.15) is 6.04 Å². The third-order valence-corrected chi connectivity index (χ3v) is 4.34. The second kappa shape index (κ2) is 6.87. The number of nitrogens with one attached hydrogen (secondary N) is 1. The molecule has 112 valence electrons. The van der Waals surface area contributed by atoms with Gasteiger partial charge in [-0.05, 0) is 35.3 Å². The Morgan fingerprint density at radius 3 is 2.67 bits per heavy atom. The van der Waals surface area contributed by atoms with Gasteiger partial charge in [-0.25, -0.2) is 0 Å². The number of hydrogen-bond acceptors (Lipinski definition) is 3. The first-order valence-electron chi connectivity index (χ1n) is 6.77. The molecule has 0 aliphatic heterocycles. The van der Waals surface area contributed by atoms with Gasteiger partial charge in [-0.2, -0.15) is 5.10 Å². The fourth-order valence-electron chi connectivity index (χ4n) is 2.23. The molecule has 0 saturated heterocycles. The van der Waals surface area contributed by atoms with E-state index in [0.29, 0.717) is 6.54 Å². The Labute approximate surface area is 132 Å². The number of nitrogens with zero attached hydrogens (tertiary/aromatic N) is 2. The molecule has 1 atom stereocenters. The summed E-state index contributed by atoms with van der Waals surface area (Å²) in [5, 5.41) is 16.9. The standard InChI is InChI=1S/C15H18BrN3O2/c1-3-19-12(13(16)10(2)18-19)9-17-14(15(20)21)11-7-5-4-6-8-11/h4-8,14,17H,3,9H2,1-2H3,(H,20,21). The number of carboxylic acids is 1. The van der Waals surface area contributed by atoms with Crippen molar-refractivity contribution in [3.05, 3.63) is 51.8 Å². The Kier molecular flexibility index (Phi) is 5.14. The van der Waals surface area contributed by atoms with Gasteiger partial charge in [-0.1, -0.05) is 30.3 Å². The predicted molar refractivity (Wildman–Crippen MR) is 84.0 cm³/mol. The van der Waals surface area contributed by atoms with Gasteiger partial charge in [-0.3, -0.25) is 14.8 Å². The largest absolute Gasteiger partial charge is 0.480 e. The molecule has 1 aromatic carbocycles. The molecule has 0 bridgehead atoms. The van der Waals surface area contributed by atoms with Gasteiger partial charge in [0, 0.05) is 13.1 Å². The van der Waals surface area contributed by atoms with Crippen LogP contribution in [0.1, 0.15) is 29.9 Å². The molecule has 6 heteroatoms. The molecule has 0 aliphatic carbocycles. The van der Waals surface area contributed by atoms with Crippen LogP contribution in [0.2, 0.25) is 0 Å². The van der Waals surface area contributed by atoms with Crippen LogP contribution in [0.4, 0.5) is 0 Å². The van der Waals surface area contributed by atoms with Crippen molar-refractivity contribution >= 4 is 21.9 Å². The lowest BCUT2D eigenvalue weighted by atomic mass is 10.1. The highest BCUT2D eigenvalue weighted by Crippen LogP contribution is 2.22. The lowest BCUT2D eigenvalue weighted by Gasteiger charge is -2.15. The summed E-state index contributed by atoms with van der Waals surface area (Å²) in [6, 6.07) is 8.42. The van der Waals surface area contributed by atoms with Crippen LogP contribution in [0.5, 0.6) is 0 Å². The minimum absolute atomic E-state index is 0.432. The van der Waals surface area contributed by atoms with Crippen LogP contribution >= 0.6 is 15.9 Å². The highest BCUT2D eigenvalue weighted by molar-refractivity contribution is 9.10.